The zero-order valence-corrected chi connectivity index (χ0v) is 93.4. The second-order valence-electron chi connectivity index (χ2n) is 49.5. The van der Waals surface area contributed by atoms with Gasteiger partial charge in [0, 0.05) is 0 Å². The van der Waals surface area contributed by atoms with Crippen molar-refractivity contribution in [3.8, 4) is 0 Å². The average Bonchev–Trinajstić information content (AvgIpc) is 0.775. The molecule has 13 N–H and O–H groups in total. The topological polar surface area (TPSA) is 483 Å². The number of esters is 1. The van der Waals surface area contributed by atoms with Crippen molar-refractivity contribution in [1.82, 2.24) is 0 Å². The normalized spacial score (nSPS) is 39.3. The largest absolute Gasteiger partial charge is 0.454 e. The van der Waals surface area contributed by atoms with Crippen molar-refractivity contribution in [2.24, 2.45) is 5.41 Å². The summed E-state index contributed by atoms with van der Waals surface area (Å²) in [5, 5.41) is 164. The van der Waals surface area contributed by atoms with Crippen molar-refractivity contribution in [3.05, 3.63) is 0 Å². The predicted octanol–water partition coefficient (Wildman–Crippen LogP) is 7.57. The summed E-state index contributed by atoms with van der Waals surface area (Å²) in [4.78, 5) is 14.7. The molecule has 35 atom stereocenters. The van der Waals surface area contributed by atoms with Crippen LogP contribution in [0.25, 0.3) is 0 Å². The highest BCUT2D eigenvalue weighted by atomic mass is 28.4. The molecule has 776 valence electrons. The highest BCUT2D eigenvalue weighted by Gasteiger charge is 2.63. The fourth-order valence-electron chi connectivity index (χ4n) is 14.3. The molecule has 15 aliphatic rings. The van der Waals surface area contributed by atoms with E-state index in [9.17, 15) is 71.2 Å². The summed E-state index contributed by atoms with van der Waals surface area (Å²) >= 11 is 0. The van der Waals surface area contributed by atoms with Crippen LogP contribution < -0.4 is 0 Å². The van der Waals surface area contributed by atoms with Crippen molar-refractivity contribution < 1.29 is 173 Å². The first-order chi connectivity index (χ1) is 59.5. The molecule has 36 nitrogen and oxygen atoms in total. The van der Waals surface area contributed by atoms with E-state index in [4.69, 9.17) is 102 Å². The standard InChI is InChI=1S/C89H176O36Si7/c1-82(2,3)81(103)125-73-65(102)72-52(45-110-132(37,38)89(22,23)24)117-80(73)124-71-51(44-109-131(35,36)88(19,20)21)116-78(64(101)58(71)95)122-69-49(42-107-129(31,32)86(13,14)15)114-76(62(99)56(69)93)120-67-47(40-105-127(27,28)84(7,8)9)112-74(60(97)54(67)91)118-66-46(39-104-126(25,26)83(4,5)6)111-75(59(96)53(66)90)119-68-48(41-106-128(29,30)85(10,11)12)113-77(61(98)55(68)92)121-70-50(43-108-130(33,34)87(16,17)18)115-79(123-72)63(100)57(70)94/h46-80,90-102H,39-45H2,1-38H3/t46-,47-,48-,49-,50-,51-,52-,53-,54-,55-,56-,57-,58-,59-,60-,61-,62-,63-,64-,65+,66-,67-,68-,69-,70-,71-,72-,73+,74-,75-,76-,77-,78-,79-,80-/m0/s1. The Balaban J connectivity index is 1.36. The smallest absolute Gasteiger partial charge is 0.311 e. The fourth-order valence-corrected chi connectivity index (χ4v) is 21.4. The molecule has 0 radical (unpaired) electrons. The van der Waals surface area contributed by atoms with Crippen LogP contribution in [-0.4, -0.2) is 392 Å². The maximum atomic E-state index is 14.7. The van der Waals surface area contributed by atoms with Crippen LogP contribution in [0, 0.1) is 5.41 Å². The van der Waals surface area contributed by atoms with Crippen molar-refractivity contribution in [2.45, 2.75) is 508 Å². The van der Waals surface area contributed by atoms with Gasteiger partial charge in [0.15, 0.2) is 108 Å². The number of fused-ring (bicyclic) bond motifs is 7. The summed E-state index contributed by atoms with van der Waals surface area (Å²) in [5.74, 6) is -0.895. The van der Waals surface area contributed by atoms with Crippen LogP contribution in [-0.2, 0) is 107 Å². The van der Waals surface area contributed by atoms with Gasteiger partial charge in [0.25, 0.3) is 0 Å². The van der Waals surface area contributed by atoms with E-state index in [0.717, 1.165) is 0 Å². The molecule has 0 spiro atoms. The lowest BCUT2D eigenvalue weighted by Gasteiger charge is -2.51. The van der Waals surface area contributed by atoms with E-state index in [1.807, 2.05) is 237 Å². The highest BCUT2D eigenvalue weighted by Crippen LogP contribution is 2.49. The number of carbonyl (C=O) groups excluding carboxylic acids is 1. The van der Waals surface area contributed by atoms with Crippen molar-refractivity contribution >= 4 is 64.2 Å². The van der Waals surface area contributed by atoms with Gasteiger partial charge in [-0.3, -0.25) is 4.79 Å². The van der Waals surface area contributed by atoms with Gasteiger partial charge >= 0.3 is 5.97 Å². The molecule has 15 fully saturated rings. The second-order valence-corrected chi connectivity index (χ2v) is 83.2. The van der Waals surface area contributed by atoms with Crippen LogP contribution in [0.3, 0.4) is 0 Å². The van der Waals surface area contributed by atoms with Crippen LogP contribution >= 0.6 is 0 Å². The lowest BCUT2D eigenvalue weighted by Crippen LogP contribution is -2.69. The number of hydrogen-bond donors (Lipinski definition) is 13. The summed E-state index contributed by atoms with van der Waals surface area (Å²) in [6, 6.07) is 0. The molecule has 15 heterocycles. The second kappa shape index (κ2) is 42.7. The minimum absolute atomic E-state index is 0.378. The Hall–Kier alpha value is -0.372. The van der Waals surface area contributed by atoms with Crippen LogP contribution in [0.2, 0.25) is 127 Å². The third kappa shape index (κ3) is 26.8. The van der Waals surface area contributed by atoms with Gasteiger partial charge in [-0.1, -0.05) is 145 Å². The van der Waals surface area contributed by atoms with E-state index in [-0.39, 0.29) is 26.4 Å². The summed E-state index contributed by atoms with van der Waals surface area (Å²) in [6.07, 6.45) is -65.8. The van der Waals surface area contributed by atoms with Gasteiger partial charge in [-0.2, -0.15) is 0 Å². The molecule has 14 bridgehead atoms. The van der Waals surface area contributed by atoms with Gasteiger partial charge in [-0.15, -0.1) is 0 Å². The first-order valence-electron chi connectivity index (χ1n) is 47.2. The number of aliphatic hydroxyl groups is 13. The van der Waals surface area contributed by atoms with Crippen molar-refractivity contribution in [1.29, 1.82) is 0 Å². The Morgan fingerprint density at radius 1 is 0.205 bits per heavy atom. The van der Waals surface area contributed by atoms with E-state index in [0.29, 0.717) is 0 Å². The fraction of sp³-hybridized carbons (Fsp3) is 0.989. The van der Waals surface area contributed by atoms with E-state index in [2.05, 4.69) is 0 Å². The summed E-state index contributed by atoms with van der Waals surface area (Å²) < 4.78 is 149. The summed E-state index contributed by atoms with van der Waals surface area (Å²) in [6.45, 7) is 71.5. The SMILES string of the molecule is CC(C)(C)C(=O)O[C@H]1[C@@H]2O[C@@H]3[C@@H](O)[C@H](O)[C@H](O[C@@H]4[C@@H](O)[C@H](O)[C@H](O[C@@H]5[C@@H](O)[C@H](O)[C@H](O[C@@H]6[C@@H](O)[C@H](O)[C@H](O[C@@H]7[C@@H](O)[C@H](O)[C@H](O[C@@H]8[C@@H](O)[C@H](O)[C@H](O[C@H]([C@H]1O)[C@H](CO[Si](C)(C)C(C)(C)C)O2)O[C@H]8CO[Si](C)(C)C(C)(C)C)O[C@H]7CO[Si](C)(C)C(C)(C)C)O[C@H]6CO[Si](C)(C)C(C)(C)C)O[C@H]5CO[Si](C)(C)C(C)(C)C)O[C@H]4CO[Si](C)(C)C(C)(C)C)O[C@H]3CO[Si](C)(C)C(C)(C)C. The summed E-state index contributed by atoms with van der Waals surface area (Å²) in [5.41, 5.74) is -1.31. The number of hydrogen-bond acceptors (Lipinski definition) is 36. The molecule has 15 aliphatic heterocycles. The number of rotatable bonds is 22. The van der Waals surface area contributed by atoms with Crippen molar-refractivity contribution in [2.75, 3.05) is 46.2 Å². The molecule has 132 heavy (non-hydrogen) atoms. The molecule has 15 saturated heterocycles. The zero-order chi connectivity index (χ0) is 101. The Morgan fingerprint density at radius 2 is 0.333 bits per heavy atom. The Kier molecular flexibility index (Phi) is 37.8. The maximum absolute atomic E-state index is 14.7. The van der Waals surface area contributed by atoms with Gasteiger partial charge in [-0.25, -0.2) is 0 Å². The maximum Gasteiger partial charge on any atom is 0.311 e. The molecule has 0 amide bonds. The molecular formula is C89H176O36Si7. The lowest BCUT2D eigenvalue weighted by atomic mass is 9.94. The van der Waals surface area contributed by atoms with Crippen LogP contribution in [0.15, 0.2) is 0 Å². The molecule has 0 aromatic carbocycles. The van der Waals surface area contributed by atoms with Crippen LogP contribution in [0.4, 0.5) is 0 Å². The van der Waals surface area contributed by atoms with Gasteiger partial charge in [-0.05, 0) is 148 Å². The molecule has 0 saturated carbocycles. The van der Waals surface area contributed by atoms with Gasteiger partial charge in [0.05, 0.1) is 51.7 Å². The summed E-state index contributed by atoms with van der Waals surface area (Å²) in [7, 11) is -20.0. The number of aliphatic hydroxyl groups excluding tert-OH is 13. The van der Waals surface area contributed by atoms with E-state index in [1.54, 1.807) is 20.8 Å². The zero-order valence-electron chi connectivity index (χ0n) is 86.4. The molecule has 0 unspecified atom stereocenters. The Morgan fingerprint density at radius 3 is 0.470 bits per heavy atom. The molecule has 15 rings (SSSR count). The van der Waals surface area contributed by atoms with Crippen LogP contribution in [0.5, 0.6) is 0 Å². The first-order valence-corrected chi connectivity index (χ1v) is 67.6. The lowest BCUT2D eigenvalue weighted by molar-refractivity contribution is -0.396. The van der Waals surface area contributed by atoms with E-state index >= 15 is 0 Å². The Bertz CT molecular complexity index is 3610. The van der Waals surface area contributed by atoms with Crippen LogP contribution in [0.1, 0.15) is 166 Å². The molecule has 43 heteroatoms. The van der Waals surface area contributed by atoms with Gasteiger partial charge in [0.2, 0.25) is 0 Å². The average molecular weight is 2020 g/mol. The molecule has 0 aromatic heterocycles. The number of carbonyl (C=O) groups is 1. The number of ether oxygens (including phenoxy) is 15. The highest BCUT2D eigenvalue weighted by molar-refractivity contribution is 6.76. The minimum atomic E-state index is -2.89. The Labute approximate surface area is 792 Å². The van der Waals surface area contributed by atoms with E-state index < -0.39 is 340 Å². The molecular weight excluding hydrogens is 1840 g/mol. The third-order valence-corrected chi connectivity index (χ3v) is 62.8. The minimum Gasteiger partial charge on any atom is -0.454 e. The predicted molar refractivity (Wildman–Crippen MR) is 504 cm³/mol. The first kappa shape index (κ1) is 117. The van der Waals surface area contributed by atoms with Gasteiger partial charge in [0.1, 0.15) is 165 Å². The molecule has 0 aromatic rings. The quantitative estimate of drug-likeness (QED) is 0.0367. The third-order valence-electron chi connectivity index (χ3n) is 31.3. The molecule has 0 aliphatic carbocycles. The monoisotopic (exact) mass is 2020 g/mol. The van der Waals surface area contributed by atoms with Crippen molar-refractivity contribution in [3.63, 3.8) is 0 Å². The van der Waals surface area contributed by atoms with E-state index in [1.165, 1.54) is 0 Å². The van der Waals surface area contributed by atoms with Gasteiger partial charge < -0.3 is 168 Å².